The number of rotatable bonds is 7. The fraction of sp³-hybridized carbons (Fsp3) is 0.188. The Morgan fingerprint density at radius 2 is 2.04 bits per heavy atom. The van der Waals surface area contributed by atoms with E-state index in [1.54, 1.807) is 18.0 Å². The van der Waals surface area contributed by atoms with E-state index in [0.29, 0.717) is 18.0 Å². The highest BCUT2D eigenvalue weighted by molar-refractivity contribution is 8.00. The Kier molecular flexibility index (Phi) is 5.44. The van der Waals surface area contributed by atoms with Crippen LogP contribution >= 0.6 is 23.1 Å². The van der Waals surface area contributed by atoms with Crippen LogP contribution in [-0.2, 0) is 17.0 Å². The molecule has 118 valence electrons. The summed E-state index contributed by atoms with van der Waals surface area (Å²) in [6.07, 6.45) is 2.54. The number of hydrogen-bond acceptors (Lipinski definition) is 6. The maximum atomic E-state index is 11.9. The molecule has 3 rings (SSSR count). The number of thioether (sulfide) groups is 1. The molecular weight excluding hydrogens is 330 g/mol. The van der Waals surface area contributed by atoms with Gasteiger partial charge in [0.1, 0.15) is 5.76 Å². The van der Waals surface area contributed by atoms with Crippen LogP contribution in [0.1, 0.15) is 17.7 Å². The zero-order valence-electron chi connectivity index (χ0n) is 12.3. The first kappa shape index (κ1) is 15.8. The zero-order valence-corrected chi connectivity index (χ0v) is 13.9. The molecule has 2 heterocycles. The highest BCUT2D eigenvalue weighted by Gasteiger charge is 2.09. The van der Waals surface area contributed by atoms with Crippen LogP contribution in [0.25, 0.3) is 0 Å². The van der Waals surface area contributed by atoms with E-state index < -0.39 is 0 Å². The van der Waals surface area contributed by atoms with Crippen molar-refractivity contribution >= 4 is 34.1 Å². The largest absolute Gasteiger partial charge is 0.469 e. The molecule has 0 atom stereocenters. The summed E-state index contributed by atoms with van der Waals surface area (Å²) < 4.78 is 6.05. The minimum atomic E-state index is -0.0860. The summed E-state index contributed by atoms with van der Waals surface area (Å²) in [5, 5.41) is 11.4. The van der Waals surface area contributed by atoms with Crippen LogP contribution in [0.5, 0.6) is 0 Å². The zero-order chi connectivity index (χ0) is 15.9. The molecule has 0 aliphatic heterocycles. The Hall–Kier alpha value is -2.12. The molecule has 3 aromatic rings. The smallest absolute Gasteiger partial charge is 0.226 e. The molecule has 2 aromatic heterocycles. The monoisotopic (exact) mass is 345 g/mol. The lowest BCUT2D eigenvalue weighted by atomic mass is 10.2. The van der Waals surface area contributed by atoms with Gasteiger partial charge in [-0.2, -0.15) is 0 Å². The van der Waals surface area contributed by atoms with Gasteiger partial charge >= 0.3 is 0 Å². The number of furan rings is 1. The minimum absolute atomic E-state index is 0.0860. The summed E-state index contributed by atoms with van der Waals surface area (Å²) in [4.78, 5) is 11.9. The van der Waals surface area contributed by atoms with Crippen molar-refractivity contribution in [2.75, 3.05) is 5.32 Å². The molecule has 0 aliphatic carbocycles. The van der Waals surface area contributed by atoms with Crippen LogP contribution in [0.15, 0.2) is 57.5 Å². The molecular formula is C16H15N3O2S2. The number of aryl methyl sites for hydroxylation is 1. The second kappa shape index (κ2) is 7.94. The normalized spacial score (nSPS) is 10.6. The number of amides is 1. The lowest BCUT2D eigenvalue weighted by Gasteiger charge is -1.99. The van der Waals surface area contributed by atoms with E-state index in [1.165, 1.54) is 16.9 Å². The third-order valence-corrected chi connectivity index (χ3v) is 5.08. The highest BCUT2D eigenvalue weighted by Crippen LogP contribution is 2.28. The Balaban J connectivity index is 1.46. The average Bonchev–Trinajstić information content (AvgIpc) is 3.24. The van der Waals surface area contributed by atoms with E-state index in [2.05, 4.69) is 27.6 Å². The van der Waals surface area contributed by atoms with Crippen molar-refractivity contribution in [3.8, 4) is 0 Å². The maximum Gasteiger partial charge on any atom is 0.226 e. The van der Waals surface area contributed by atoms with E-state index in [9.17, 15) is 4.79 Å². The molecule has 1 aromatic carbocycles. The summed E-state index contributed by atoms with van der Waals surface area (Å²) >= 11 is 3.00. The molecule has 7 heteroatoms. The summed E-state index contributed by atoms with van der Waals surface area (Å²) in [5.74, 6) is 1.55. The molecule has 1 amide bonds. The van der Waals surface area contributed by atoms with Gasteiger partial charge in [0, 0.05) is 18.6 Å². The van der Waals surface area contributed by atoms with Gasteiger partial charge in [-0.25, -0.2) is 0 Å². The third kappa shape index (κ3) is 4.94. The Morgan fingerprint density at radius 1 is 1.17 bits per heavy atom. The van der Waals surface area contributed by atoms with Crippen LogP contribution in [0.4, 0.5) is 5.13 Å². The first-order chi connectivity index (χ1) is 11.3. The molecule has 0 aliphatic rings. The van der Waals surface area contributed by atoms with Gasteiger partial charge in [-0.05, 0) is 17.7 Å². The molecule has 0 saturated heterocycles. The van der Waals surface area contributed by atoms with Crippen molar-refractivity contribution in [2.45, 2.75) is 22.9 Å². The predicted octanol–water partition coefficient (Wildman–Crippen LogP) is 3.99. The van der Waals surface area contributed by atoms with Crippen LogP contribution < -0.4 is 5.32 Å². The minimum Gasteiger partial charge on any atom is -0.469 e. The number of hydrogen-bond donors (Lipinski definition) is 1. The SMILES string of the molecule is O=C(CCc1ccco1)Nc1nnc(SCc2ccccc2)s1. The summed E-state index contributed by atoms with van der Waals surface area (Å²) in [5.41, 5.74) is 1.23. The van der Waals surface area contributed by atoms with Gasteiger partial charge in [0.25, 0.3) is 0 Å². The quantitative estimate of drug-likeness (QED) is 0.518. The summed E-state index contributed by atoms with van der Waals surface area (Å²) in [6.45, 7) is 0. The van der Waals surface area contributed by atoms with Crippen LogP contribution in [-0.4, -0.2) is 16.1 Å². The standard InChI is InChI=1S/C16H15N3O2S2/c20-14(9-8-13-7-4-10-21-13)17-15-18-19-16(23-15)22-11-12-5-2-1-3-6-12/h1-7,10H,8-9,11H2,(H,17,18,20). The van der Waals surface area contributed by atoms with Gasteiger partial charge in [-0.3, -0.25) is 4.79 Å². The number of nitrogens with one attached hydrogen (secondary N) is 1. The van der Waals surface area contributed by atoms with Gasteiger partial charge in [0.2, 0.25) is 11.0 Å². The van der Waals surface area contributed by atoms with Gasteiger partial charge in [0.05, 0.1) is 6.26 Å². The number of carbonyl (C=O) groups is 1. The highest BCUT2D eigenvalue weighted by atomic mass is 32.2. The number of nitrogens with zero attached hydrogens (tertiary/aromatic N) is 2. The fourth-order valence-electron chi connectivity index (χ4n) is 1.91. The van der Waals surface area contributed by atoms with Crippen molar-refractivity contribution in [1.29, 1.82) is 0 Å². The molecule has 0 bridgehead atoms. The van der Waals surface area contributed by atoms with Crippen molar-refractivity contribution < 1.29 is 9.21 Å². The molecule has 1 N–H and O–H groups in total. The molecule has 5 nitrogen and oxygen atoms in total. The predicted molar refractivity (Wildman–Crippen MR) is 91.6 cm³/mol. The lowest BCUT2D eigenvalue weighted by Crippen LogP contribution is -2.11. The van der Waals surface area contributed by atoms with E-state index in [0.717, 1.165) is 15.9 Å². The van der Waals surface area contributed by atoms with E-state index in [-0.39, 0.29) is 5.91 Å². The molecule has 0 unspecified atom stereocenters. The van der Waals surface area contributed by atoms with Gasteiger partial charge in [0.15, 0.2) is 4.34 Å². The van der Waals surface area contributed by atoms with Crippen molar-refractivity contribution in [3.05, 3.63) is 60.1 Å². The molecule has 0 radical (unpaired) electrons. The van der Waals surface area contributed by atoms with Crippen LogP contribution in [0, 0.1) is 0 Å². The topological polar surface area (TPSA) is 68.0 Å². The Bertz CT molecular complexity index is 742. The van der Waals surface area contributed by atoms with Gasteiger partial charge in [-0.1, -0.05) is 53.4 Å². The molecule has 0 saturated carbocycles. The van der Waals surface area contributed by atoms with E-state index >= 15 is 0 Å². The van der Waals surface area contributed by atoms with Crippen molar-refractivity contribution in [2.24, 2.45) is 0 Å². The van der Waals surface area contributed by atoms with Crippen LogP contribution in [0.3, 0.4) is 0 Å². The first-order valence-corrected chi connectivity index (χ1v) is 8.92. The summed E-state index contributed by atoms with van der Waals surface area (Å²) in [7, 11) is 0. The van der Waals surface area contributed by atoms with E-state index in [4.69, 9.17) is 4.42 Å². The van der Waals surface area contributed by atoms with Gasteiger partial charge in [-0.15, -0.1) is 10.2 Å². The van der Waals surface area contributed by atoms with E-state index in [1.807, 2.05) is 30.3 Å². The molecule has 23 heavy (non-hydrogen) atoms. The second-order valence-corrected chi connectivity index (χ2v) is 6.97. The van der Waals surface area contributed by atoms with Crippen molar-refractivity contribution in [1.82, 2.24) is 10.2 Å². The molecule has 0 fully saturated rings. The first-order valence-electron chi connectivity index (χ1n) is 7.12. The number of benzene rings is 1. The Labute approximate surface area is 142 Å². The second-order valence-electron chi connectivity index (χ2n) is 4.77. The van der Waals surface area contributed by atoms with Crippen LogP contribution in [0.2, 0.25) is 0 Å². The van der Waals surface area contributed by atoms with Crippen molar-refractivity contribution in [3.63, 3.8) is 0 Å². The number of aromatic nitrogens is 2. The fourth-order valence-corrected chi connectivity index (χ4v) is 3.64. The Morgan fingerprint density at radius 3 is 2.83 bits per heavy atom. The third-order valence-electron chi connectivity index (χ3n) is 3.04. The summed E-state index contributed by atoms with van der Waals surface area (Å²) in [6, 6.07) is 13.8. The lowest BCUT2D eigenvalue weighted by molar-refractivity contribution is -0.116. The average molecular weight is 345 g/mol. The number of anilines is 1. The maximum absolute atomic E-state index is 11.9. The molecule has 0 spiro atoms. The van der Waals surface area contributed by atoms with Gasteiger partial charge < -0.3 is 9.73 Å². The number of carbonyl (C=O) groups excluding carboxylic acids is 1.